The van der Waals surface area contributed by atoms with Crippen LogP contribution in [-0.4, -0.2) is 24.1 Å². The topological polar surface area (TPSA) is 29.5 Å². The molecule has 2 aliphatic rings. The summed E-state index contributed by atoms with van der Waals surface area (Å²) in [5, 5.41) is 1.39. The van der Waals surface area contributed by atoms with Crippen LogP contribution in [0, 0.1) is 17.6 Å². The molecular weight excluding hydrogens is 240 g/mol. The second-order valence-corrected chi connectivity index (χ2v) is 4.75. The predicted octanol–water partition coefficient (Wildman–Crippen LogP) is 2.23. The first kappa shape index (κ1) is 11.6. The number of hydroxylamine groups is 2. The van der Waals surface area contributed by atoms with E-state index in [2.05, 4.69) is 0 Å². The summed E-state index contributed by atoms with van der Waals surface area (Å²) in [5.41, 5.74) is 0.687. The Hall–Kier alpha value is -1.49. The Labute approximate surface area is 103 Å². The van der Waals surface area contributed by atoms with Gasteiger partial charge in [-0.15, -0.1) is 0 Å². The highest BCUT2D eigenvalue weighted by atomic mass is 19.2. The molecule has 96 valence electrons. The van der Waals surface area contributed by atoms with Gasteiger partial charge in [0, 0.05) is 5.92 Å². The van der Waals surface area contributed by atoms with E-state index in [1.807, 2.05) is 0 Å². The second-order valence-electron chi connectivity index (χ2n) is 4.75. The maximum atomic E-state index is 13.1. The first-order valence-electron chi connectivity index (χ1n) is 6.06. The maximum absolute atomic E-state index is 13.1. The van der Waals surface area contributed by atoms with E-state index in [4.69, 9.17) is 4.84 Å². The Balaban J connectivity index is 1.69. The molecule has 0 aromatic heterocycles. The lowest BCUT2D eigenvalue weighted by Gasteiger charge is -2.13. The highest BCUT2D eigenvalue weighted by molar-refractivity contribution is 5.82. The van der Waals surface area contributed by atoms with E-state index in [1.165, 1.54) is 11.1 Å². The van der Waals surface area contributed by atoms with Gasteiger partial charge in [0.05, 0.1) is 13.2 Å². The molecule has 0 bridgehead atoms. The summed E-state index contributed by atoms with van der Waals surface area (Å²) in [6.07, 6.45) is 1.54. The molecule has 1 amide bonds. The average Bonchev–Trinajstić information content (AvgIpc) is 2.97. The third kappa shape index (κ3) is 1.99. The van der Waals surface area contributed by atoms with Crippen molar-refractivity contribution in [2.24, 2.45) is 5.92 Å². The molecule has 2 fully saturated rings. The standard InChI is InChI=1S/C13H13F2NO2/c14-11-3-2-8(6-12(11)15)9-7-10(9)13(17)16-4-1-5-18-16/h2-3,6,9-10H,1,4-5,7H2/t9-,10-/m0/s1. The lowest BCUT2D eigenvalue weighted by atomic mass is 10.1. The summed E-state index contributed by atoms with van der Waals surface area (Å²) < 4.78 is 25.9. The Morgan fingerprint density at radius 3 is 2.83 bits per heavy atom. The highest BCUT2D eigenvalue weighted by Crippen LogP contribution is 2.48. The minimum atomic E-state index is -0.858. The lowest BCUT2D eigenvalue weighted by Crippen LogP contribution is -2.28. The molecule has 3 nitrogen and oxygen atoms in total. The summed E-state index contributed by atoms with van der Waals surface area (Å²) in [5.74, 6) is -1.90. The van der Waals surface area contributed by atoms with Crippen LogP contribution in [0.4, 0.5) is 8.78 Å². The Kier molecular flexibility index (Phi) is 2.78. The van der Waals surface area contributed by atoms with Crippen molar-refractivity contribution in [2.45, 2.75) is 18.8 Å². The normalized spacial score (nSPS) is 26.4. The summed E-state index contributed by atoms with van der Waals surface area (Å²) in [6.45, 7) is 1.20. The number of hydrogen-bond donors (Lipinski definition) is 0. The fraction of sp³-hybridized carbons (Fsp3) is 0.462. The summed E-state index contributed by atoms with van der Waals surface area (Å²) in [6, 6.07) is 3.83. The fourth-order valence-corrected chi connectivity index (χ4v) is 2.39. The minimum absolute atomic E-state index is 0.00296. The molecule has 1 aliphatic heterocycles. The summed E-state index contributed by atoms with van der Waals surface area (Å²) in [4.78, 5) is 17.2. The number of carbonyl (C=O) groups is 1. The molecule has 0 spiro atoms. The zero-order valence-corrected chi connectivity index (χ0v) is 9.73. The van der Waals surface area contributed by atoms with E-state index >= 15 is 0 Å². The van der Waals surface area contributed by atoms with Gasteiger partial charge in [0.1, 0.15) is 0 Å². The van der Waals surface area contributed by atoms with E-state index < -0.39 is 11.6 Å². The molecule has 3 rings (SSSR count). The molecule has 1 heterocycles. The van der Waals surface area contributed by atoms with Gasteiger partial charge >= 0.3 is 0 Å². The molecule has 18 heavy (non-hydrogen) atoms. The lowest BCUT2D eigenvalue weighted by molar-refractivity contribution is -0.170. The predicted molar refractivity (Wildman–Crippen MR) is 59.5 cm³/mol. The van der Waals surface area contributed by atoms with Gasteiger partial charge in [0.2, 0.25) is 5.91 Å². The Bertz CT molecular complexity index is 486. The smallest absolute Gasteiger partial charge is 0.249 e. The number of carbonyl (C=O) groups excluding carboxylic acids is 1. The van der Waals surface area contributed by atoms with E-state index in [1.54, 1.807) is 6.07 Å². The molecule has 0 radical (unpaired) electrons. The van der Waals surface area contributed by atoms with Crippen LogP contribution in [0.3, 0.4) is 0 Å². The molecule has 0 N–H and O–H groups in total. The molecule has 1 aromatic carbocycles. The number of nitrogens with zero attached hydrogens (tertiary/aromatic N) is 1. The van der Waals surface area contributed by atoms with Crippen LogP contribution in [0.5, 0.6) is 0 Å². The van der Waals surface area contributed by atoms with Crippen molar-refractivity contribution >= 4 is 5.91 Å². The summed E-state index contributed by atoms with van der Waals surface area (Å²) >= 11 is 0. The van der Waals surface area contributed by atoms with Gasteiger partial charge in [-0.2, -0.15) is 0 Å². The van der Waals surface area contributed by atoms with E-state index in [9.17, 15) is 13.6 Å². The Morgan fingerprint density at radius 2 is 2.17 bits per heavy atom. The number of rotatable bonds is 2. The number of hydrogen-bond acceptors (Lipinski definition) is 2. The molecule has 1 saturated carbocycles. The summed E-state index contributed by atoms with van der Waals surface area (Å²) in [7, 11) is 0. The van der Waals surface area contributed by atoms with Crippen molar-refractivity contribution < 1.29 is 18.4 Å². The number of halogens is 2. The van der Waals surface area contributed by atoms with Gasteiger partial charge in [-0.25, -0.2) is 13.8 Å². The number of benzene rings is 1. The van der Waals surface area contributed by atoms with Crippen molar-refractivity contribution in [3.8, 4) is 0 Å². The van der Waals surface area contributed by atoms with Gasteiger partial charge < -0.3 is 0 Å². The van der Waals surface area contributed by atoms with Crippen molar-refractivity contribution in [2.75, 3.05) is 13.2 Å². The molecule has 2 atom stereocenters. The molecular formula is C13H13F2NO2. The van der Waals surface area contributed by atoms with Crippen LogP contribution in [0.1, 0.15) is 24.3 Å². The van der Waals surface area contributed by atoms with E-state index in [-0.39, 0.29) is 17.7 Å². The van der Waals surface area contributed by atoms with Crippen LogP contribution in [0.25, 0.3) is 0 Å². The highest BCUT2D eigenvalue weighted by Gasteiger charge is 2.46. The zero-order valence-electron chi connectivity index (χ0n) is 9.73. The largest absolute Gasteiger partial charge is 0.272 e. The van der Waals surface area contributed by atoms with Crippen molar-refractivity contribution in [1.29, 1.82) is 0 Å². The van der Waals surface area contributed by atoms with Crippen LogP contribution in [-0.2, 0) is 9.63 Å². The van der Waals surface area contributed by atoms with E-state index in [0.29, 0.717) is 25.1 Å². The van der Waals surface area contributed by atoms with E-state index in [0.717, 1.165) is 12.5 Å². The third-order valence-corrected chi connectivity index (χ3v) is 3.48. The monoisotopic (exact) mass is 253 g/mol. The van der Waals surface area contributed by atoms with Crippen molar-refractivity contribution in [3.63, 3.8) is 0 Å². The first-order valence-corrected chi connectivity index (χ1v) is 6.06. The Morgan fingerprint density at radius 1 is 1.33 bits per heavy atom. The molecule has 1 aliphatic carbocycles. The van der Waals surface area contributed by atoms with Crippen molar-refractivity contribution in [3.05, 3.63) is 35.4 Å². The number of amides is 1. The SMILES string of the molecule is O=C([C@H]1C[C@H]1c1ccc(F)c(F)c1)N1CCCO1. The second kappa shape index (κ2) is 4.31. The molecule has 5 heteroatoms. The van der Waals surface area contributed by atoms with Gasteiger partial charge in [-0.1, -0.05) is 6.07 Å². The average molecular weight is 253 g/mol. The molecule has 1 aromatic rings. The van der Waals surface area contributed by atoms with Crippen LogP contribution < -0.4 is 0 Å². The fourth-order valence-electron chi connectivity index (χ4n) is 2.39. The van der Waals surface area contributed by atoms with Gasteiger partial charge in [-0.3, -0.25) is 9.63 Å². The minimum Gasteiger partial charge on any atom is -0.272 e. The molecule has 1 saturated heterocycles. The van der Waals surface area contributed by atoms with Gasteiger partial charge in [0.25, 0.3) is 0 Å². The third-order valence-electron chi connectivity index (χ3n) is 3.48. The molecule has 0 unspecified atom stereocenters. The van der Waals surface area contributed by atoms with Crippen LogP contribution >= 0.6 is 0 Å². The van der Waals surface area contributed by atoms with Gasteiger partial charge in [-0.05, 0) is 36.5 Å². The van der Waals surface area contributed by atoms with Crippen LogP contribution in [0.2, 0.25) is 0 Å². The quantitative estimate of drug-likeness (QED) is 0.809. The zero-order chi connectivity index (χ0) is 12.7. The van der Waals surface area contributed by atoms with Crippen molar-refractivity contribution in [1.82, 2.24) is 5.06 Å². The van der Waals surface area contributed by atoms with Gasteiger partial charge in [0.15, 0.2) is 11.6 Å². The van der Waals surface area contributed by atoms with Crippen LogP contribution in [0.15, 0.2) is 18.2 Å². The maximum Gasteiger partial charge on any atom is 0.249 e. The first-order chi connectivity index (χ1) is 8.66.